The molecule has 0 saturated heterocycles. The fourth-order valence-corrected chi connectivity index (χ4v) is 1.80. The third-order valence-corrected chi connectivity index (χ3v) is 3.10. The van der Waals surface area contributed by atoms with E-state index in [2.05, 4.69) is 29.2 Å². The number of oxazole rings is 1. The molecule has 5 nitrogen and oxygen atoms in total. The van der Waals surface area contributed by atoms with Crippen molar-refractivity contribution >= 4 is 0 Å². The maximum atomic E-state index is 5.80. The van der Waals surface area contributed by atoms with E-state index < -0.39 is 0 Å². The van der Waals surface area contributed by atoms with Crippen molar-refractivity contribution in [2.75, 3.05) is 6.54 Å². The fourth-order valence-electron chi connectivity index (χ4n) is 1.80. The first-order valence-corrected chi connectivity index (χ1v) is 6.31. The maximum absolute atomic E-state index is 5.80. The molecule has 2 rings (SSSR count). The zero-order valence-corrected chi connectivity index (χ0v) is 11.4. The molecule has 0 radical (unpaired) electrons. The predicted molar refractivity (Wildman–Crippen MR) is 70.2 cm³/mol. The molecule has 0 fully saturated rings. The topological polar surface area (TPSA) is 55.9 Å². The van der Waals surface area contributed by atoms with Crippen LogP contribution >= 0.6 is 0 Å². The lowest BCUT2D eigenvalue weighted by atomic mass is 10.2. The largest absolute Gasteiger partial charge is 0.439 e. The number of nitrogens with one attached hydrogen (secondary N) is 1. The van der Waals surface area contributed by atoms with Crippen molar-refractivity contribution in [2.24, 2.45) is 7.05 Å². The van der Waals surface area contributed by atoms with Crippen LogP contribution in [-0.2, 0) is 7.05 Å². The number of hydrogen-bond donors (Lipinski definition) is 1. The summed E-state index contributed by atoms with van der Waals surface area (Å²) in [6.07, 6.45) is 4.67. The number of hydrogen-bond acceptors (Lipinski definition) is 4. The van der Waals surface area contributed by atoms with Gasteiger partial charge in [-0.25, -0.2) is 4.98 Å². The van der Waals surface area contributed by atoms with E-state index in [0.717, 1.165) is 35.9 Å². The second-order valence-corrected chi connectivity index (χ2v) is 4.51. The van der Waals surface area contributed by atoms with Crippen molar-refractivity contribution in [3.8, 4) is 11.3 Å². The molecule has 0 amide bonds. The minimum Gasteiger partial charge on any atom is -0.439 e. The summed E-state index contributed by atoms with van der Waals surface area (Å²) in [4.78, 5) is 4.33. The first-order valence-electron chi connectivity index (χ1n) is 6.31. The summed E-state index contributed by atoms with van der Waals surface area (Å²) >= 11 is 0. The Labute approximate surface area is 107 Å². The Morgan fingerprint density at radius 2 is 2.22 bits per heavy atom. The van der Waals surface area contributed by atoms with Gasteiger partial charge < -0.3 is 9.73 Å². The van der Waals surface area contributed by atoms with Gasteiger partial charge in [-0.2, -0.15) is 5.10 Å². The van der Waals surface area contributed by atoms with E-state index in [0.29, 0.717) is 0 Å². The van der Waals surface area contributed by atoms with Gasteiger partial charge in [-0.05, 0) is 26.8 Å². The lowest BCUT2D eigenvalue weighted by molar-refractivity contribution is 0.423. The van der Waals surface area contributed by atoms with Gasteiger partial charge in [0.15, 0.2) is 5.76 Å². The lowest BCUT2D eigenvalue weighted by Crippen LogP contribution is -2.19. The van der Waals surface area contributed by atoms with E-state index in [1.165, 1.54) is 0 Å². The molecule has 98 valence electrons. The van der Waals surface area contributed by atoms with E-state index in [-0.39, 0.29) is 6.04 Å². The van der Waals surface area contributed by atoms with Crippen LogP contribution in [0.25, 0.3) is 11.3 Å². The predicted octanol–water partition coefficient (Wildman–Crippen LogP) is 2.44. The van der Waals surface area contributed by atoms with Crippen molar-refractivity contribution in [1.82, 2.24) is 20.1 Å². The van der Waals surface area contributed by atoms with Crippen LogP contribution in [0.3, 0.4) is 0 Å². The van der Waals surface area contributed by atoms with Crippen LogP contribution in [0.5, 0.6) is 0 Å². The minimum absolute atomic E-state index is 0.135. The van der Waals surface area contributed by atoms with Crippen LogP contribution in [0.2, 0.25) is 0 Å². The summed E-state index contributed by atoms with van der Waals surface area (Å²) in [5.41, 5.74) is 2.07. The van der Waals surface area contributed by atoms with Crippen LogP contribution in [-0.4, -0.2) is 21.3 Å². The summed E-state index contributed by atoms with van der Waals surface area (Å²) in [5, 5.41) is 7.57. The van der Waals surface area contributed by atoms with Crippen molar-refractivity contribution in [3.63, 3.8) is 0 Å². The Kier molecular flexibility index (Phi) is 3.81. The molecule has 2 aromatic heterocycles. The van der Waals surface area contributed by atoms with Gasteiger partial charge in [-0.1, -0.05) is 6.92 Å². The van der Waals surface area contributed by atoms with E-state index in [9.17, 15) is 0 Å². The molecule has 0 aliphatic heterocycles. The summed E-state index contributed by atoms with van der Waals surface area (Å²) in [6.45, 7) is 7.18. The van der Waals surface area contributed by atoms with Crippen molar-refractivity contribution in [2.45, 2.75) is 33.2 Å². The normalized spacial score (nSPS) is 12.9. The standard InChI is InChI=1S/C13H20N4O/c1-5-6-14-9(2)13-15-8-12(18-13)11-7-16-17(4)10(11)3/h7-9,14H,5-6H2,1-4H3. The number of aryl methyl sites for hydroxylation is 1. The molecular weight excluding hydrogens is 228 g/mol. The highest BCUT2D eigenvalue weighted by atomic mass is 16.4. The highest BCUT2D eigenvalue weighted by Gasteiger charge is 2.15. The van der Waals surface area contributed by atoms with Gasteiger partial charge in [0, 0.05) is 12.7 Å². The van der Waals surface area contributed by atoms with Gasteiger partial charge in [0.2, 0.25) is 5.89 Å². The third-order valence-electron chi connectivity index (χ3n) is 3.10. The first kappa shape index (κ1) is 12.8. The maximum Gasteiger partial charge on any atom is 0.211 e. The van der Waals surface area contributed by atoms with Crippen molar-refractivity contribution in [1.29, 1.82) is 0 Å². The van der Waals surface area contributed by atoms with Gasteiger partial charge >= 0.3 is 0 Å². The first-order chi connectivity index (χ1) is 8.63. The minimum atomic E-state index is 0.135. The Hall–Kier alpha value is -1.62. The SMILES string of the molecule is CCCNC(C)c1ncc(-c2cnn(C)c2C)o1. The van der Waals surface area contributed by atoms with E-state index >= 15 is 0 Å². The van der Waals surface area contributed by atoms with Crippen LogP contribution < -0.4 is 5.32 Å². The fraction of sp³-hybridized carbons (Fsp3) is 0.538. The molecule has 1 atom stereocenters. The molecule has 0 aliphatic carbocycles. The van der Waals surface area contributed by atoms with Crippen LogP contribution in [0.1, 0.15) is 37.9 Å². The Bertz CT molecular complexity index is 515. The quantitative estimate of drug-likeness (QED) is 0.883. The summed E-state index contributed by atoms with van der Waals surface area (Å²) in [6, 6.07) is 0.135. The molecule has 0 bridgehead atoms. The van der Waals surface area contributed by atoms with E-state index in [4.69, 9.17) is 4.42 Å². The molecule has 0 saturated carbocycles. The molecule has 1 unspecified atom stereocenters. The smallest absolute Gasteiger partial charge is 0.211 e. The van der Waals surface area contributed by atoms with Crippen LogP contribution in [0, 0.1) is 6.92 Å². The highest BCUT2D eigenvalue weighted by molar-refractivity contribution is 5.58. The molecule has 0 spiro atoms. The van der Waals surface area contributed by atoms with Gasteiger partial charge in [-0.15, -0.1) is 0 Å². The number of nitrogens with zero attached hydrogens (tertiary/aromatic N) is 3. The Balaban J connectivity index is 2.17. The zero-order chi connectivity index (χ0) is 13.1. The average molecular weight is 248 g/mol. The van der Waals surface area contributed by atoms with Crippen LogP contribution in [0.15, 0.2) is 16.8 Å². The lowest BCUT2D eigenvalue weighted by Gasteiger charge is -2.08. The molecule has 2 heterocycles. The Morgan fingerprint density at radius 1 is 1.44 bits per heavy atom. The second-order valence-electron chi connectivity index (χ2n) is 4.51. The Morgan fingerprint density at radius 3 is 2.83 bits per heavy atom. The average Bonchev–Trinajstić information content (AvgIpc) is 2.95. The molecule has 18 heavy (non-hydrogen) atoms. The van der Waals surface area contributed by atoms with Crippen molar-refractivity contribution in [3.05, 3.63) is 24.0 Å². The molecule has 1 N–H and O–H groups in total. The van der Waals surface area contributed by atoms with Gasteiger partial charge in [0.1, 0.15) is 0 Å². The molecule has 5 heteroatoms. The third kappa shape index (κ3) is 2.46. The van der Waals surface area contributed by atoms with E-state index in [1.807, 2.05) is 24.9 Å². The van der Waals surface area contributed by atoms with Crippen LogP contribution in [0.4, 0.5) is 0 Å². The zero-order valence-electron chi connectivity index (χ0n) is 11.4. The van der Waals surface area contributed by atoms with Gasteiger partial charge in [0.25, 0.3) is 0 Å². The summed E-state index contributed by atoms with van der Waals surface area (Å²) in [7, 11) is 1.92. The second kappa shape index (κ2) is 5.35. The molecule has 0 aliphatic rings. The number of rotatable bonds is 5. The van der Waals surface area contributed by atoms with Gasteiger partial charge in [-0.3, -0.25) is 4.68 Å². The molecule has 2 aromatic rings. The van der Waals surface area contributed by atoms with E-state index in [1.54, 1.807) is 6.20 Å². The summed E-state index contributed by atoms with van der Waals surface area (Å²) in [5.74, 6) is 1.50. The van der Waals surface area contributed by atoms with Crippen molar-refractivity contribution < 1.29 is 4.42 Å². The monoisotopic (exact) mass is 248 g/mol. The summed E-state index contributed by atoms with van der Waals surface area (Å²) < 4.78 is 7.63. The highest BCUT2D eigenvalue weighted by Crippen LogP contribution is 2.25. The molecular formula is C13H20N4O. The molecule has 0 aromatic carbocycles. The number of aromatic nitrogens is 3. The van der Waals surface area contributed by atoms with Gasteiger partial charge in [0.05, 0.1) is 24.0 Å².